The van der Waals surface area contributed by atoms with E-state index >= 15 is 0 Å². The summed E-state index contributed by atoms with van der Waals surface area (Å²) in [6, 6.07) is 7.64. The number of aromatic nitrogens is 3. The summed E-state index contributed by atoms with van der Waals surface area (Å²) in [5, 5.41) is 0. The van der Waals surface area contributed by atoms with Crippen molar-refractivity contribution in [3.8, 4) is 17.3 Å². The number of hydrogen-bond acceptors (Lipinski definition) is 5. The summed E-state index contributed by atoms with van der Waals surface area (Å²) < 4.78 is 59.2. The molecular formula is C24H20F4N4O2. The number of halogens is 4. The second kappa shape index (κ2) is 8.34. The van der Waals surface area contributed by atoms with Gasteiger partial charge in [-0.3, -0.25) is 4.79 Å². The molecule has 2 bridgehead atoms. The van der Waals surface area contributed by atoms with Crippen molar-refractivity contribution >= 4 is 5.91 Å². The van der Waals surface area contributed by atoms with E-state index < -0.39 is 23.7 Å². The first-order valence-electron chi connectivity index (χ1n) is 10.8. The van der Waals surface area contributed by atoms with Gasteiger partial charge in [0.2, 0.25) is 5.88 Å². The molecule has 0 spiro atoms. The molecule has 1 saturated heterocycles. The molecule has 1 aromatic carbocycles. The minimum absolute atomic E-state index is 0.0328. The number of nitrogens with zero attached hydrogens (tertiary/aromatic N) is 4. The summed E-state index contributed by atoms with van der Waals surface area (Å²) >= 11 is 0. The third-order valence-electron chi connectivity index (χ3n) is 6.62. The number of fused-ring (bicyclic) bond motifs is 2. The van der Waals surface area contributed by atoms with Crippen molar-refractivity contribution in [3.63, 3.8) is 0 Å². The van der Waals surface area contributed by atoms with Crippen LogP contribution in [0.4, 0.5) is 17.6 Å². The number of carbonyl (C=O) groups is 1. The Labute approximate surface area is 192 Å². The fraction of sp³-hybridized carbons (Fsp3) is 0.333. The number of benzene rings is 1. The quantitative estimate of drug-likeness (QED) is 0.519. The molecular weight excluding hydrogens is 452 g/mol. The number of piperidine rings is 1. The molecule has 10 heteroatoms. The molecule has 2 aromatic heterocycles. The van der Waals surface area contributed by atoms with Crippen molar-refractivity contribution in [1.82, 2.24) is 19.9 Å². The molecule has 1 saturated carbocycles. The van der Waals surface area contributed by atoms with E-state index in [-0.39, 0.29) is 46.6 Å². The molecule has 34 heavy (non-hydrogen) atoms. The van der Waals surface area contributed by atoms with Crippen molar-refractivity contribution in [3.05, 3.63) is 71.9 Å². The third kappa shape index (κ3) is 3.86. The maximum Gasteiger partial charge on any atom is 0.417 e. The predicted molar refractivity (Wildman–Crippen MR) is 113 cm³/mol. The van der Waals surface area contributed by atoms with Crippen molar-refractivity contribution in [2.45, 2.75) is 31.7 Å². The minimum atomic E-state index is -4.49. The Balaban J connectivity index is 1.41. The first kappa shape index (κ1) is 22.2. The fourth-order valence-corrected chi connectivity index (χ4v) is 4.99. The van der Waals surface area contributed by atoms with E-state index in [1.165, 1.54) is 30.6 Å². The van der Waals surface area contributed by atoms with Crippen LogP contribution in [0.3, 0.4) is 0 Å². The van der Waals surface area contributed by atoms with E-state index in [2.05, 4.69) is 15.0 Å². The molecule has 3 unspecified atom stereocenters. The van der Waals surface area contributed by atoms with Crippen molar-refractivity contribution in [2.24, 2.45) is 11.8 Å². The zero-order valence-corrected chi connectivity index (χ0v) is 18.0. The van der Waals surface area contributed by atoms with Gasteiger partial charge in [0.05, 0.1) is 22.7 Å². The second-order valence-electron chi connectivity index (χ2n) is 8.58. The largest absolute Gasteiger partial charge is 0.472 e. The van der Waals surface area contributed by atoms with Gasteiger partial charge in [0.15, 0.2) is 5.82 Å². The van der Waals surface area contributed by atoms with E-state index in [0.29, 0.717) is 13.0 Å². The van der Waals surface area contributed by atoms with E-state index in [4.69, 9.17) is 4.74 Å². The van der Waals surface area contributed by atoms with Crippen LogP contribution in [-0.2, 0) is 6.18 Å². The van der Waals surface area contributed by atoms with Crippen LogP contribution in [0.25, 0.3) is 11.4 Å². The van der Waals surface area contributed by atoms with Crippen LogP contribution in [0.15, 0.2) is 55.0 Å². The number of amides is 1. The van der Waals surface area contributed by atoms with Gasteiger partial charge < -0.3 is 9.64 Å². The van der Waals surface area contributed by atoms with Crippen LogP contribution in [0.5, 0.6) is 5.88 Å². The Morgan fingerprint density at radius 2 is 1.85 bits per heavy atom. The van der Waals surface area contributed by atoms with E-state index in [1.54, 1.807) is 17.0 Å². The van der Waals surface area contributed by atoms with Crippen LogP contribution in [0.2, 0.25) is 0 Å². The smallest absolute Gasteiger partial charge is 0.417 e. The first-order valence-corrected chi connectivity index (χ1v) is 10.8. The topological polar surface area (TPSA) is 68.2 Å². The van der Waals surface area contributed by atoms with Gasteiger partial charge in [0, 0.05) is 31.2 Å². The summed E-state index contributed by atoms with van der Waals surface area (Å²) in [5.74, 6) is -0.532. The predicted octanol–water partition coefficient (Wildman–Crippen LogP) is 4.62. The third-order valence-corrected chi connectivity index (χ3v) is 6.62. The molecule has 3 heterocycles. The lowest BCUT2D eigenvalue weighted by molar-refractivity contribution is -0.137. The Morgan fingerprint density at radius 3 is 2.50 bits per heavy atom. The van der Waals surface area contributed by atoms with Crippen LogP contribution < -0.4 is 4.74 Å². The number of alkyl halides is 3. The van der Waals surface area contributed by atoms with Gasteiger partial charge in [0.1, 0.15) is 11.9 Å². The maximum absolute atomic E-state index is 14.8. The summed E-state index contributed by atoms with van der Waals surface area (Å²) in [6.45, 7) is 2.50. The number of hydrogen-bond donors (Lipinski definition) is 0. The summed E-state index contributed by atoms with van der Waals surface area (Å²) in [5.41, 5.74) is -0.678. The highest BCUT2D eigenvalue weighted by Gasteiger charge is 2.53. The molecule has 1 aliphatic heterocycles. The molecule has 2 fully saturated rings. The second-order valence-corrected chi connectivity index (χ2v) is 8.58. The minimum Gasteiger partial charge on any atom is -0.472 e. The Morgan fingerprint density at radius 1 is 1.09 bits per heavy atom. The molecule has 1 amide bonds. The Kier molecular flexibility index (Phi) is 5.45. The van der Waals surface area contributed by atoms with E-state index in [1.807, 2.05) is 6.92 Å². The Bertz CT molecular complexity index is 1200. The number of likely N-dealkylation sites (tertiary alicyclic amines) is 1. The van der Waals surface area contributed by atoms with Crippen LogP contribution in [-0.4, -0.2) is 44.4 Å². The molecule has 4 atom stereocenters. The monoisotopic (exact) mass is 472 g/mol. The molecule has 3 aromatic rings. The van der Waals surface area contributed by atoms with Gasteiger partial charge in [-0.25, -0.2) is 19.3 Å². The highest BCUT2D eigenvalue weighted by Crippen LogP contribution is 2.45. The van der Waals surface area contributed by atoms with Crippen LogP contribution in [0.1, 0.15) is 29.3 Å². The van der Waals surface area contributed by atoms with E-state index in [0.717, 1.165) is 12.3 Å². The van der Waals surface area contributed by atoms with Crippen molar-refractivity contribution in [2.75, 3.05) is 6.54 Å². The molecule has 2 aliphatic rings. The highest BCUT2D eigenvalue weighted by molar-refractivity contribution is 6.00. The van der Waals surface area contributed by atoms with E-state index in [9.17, 15) is 22.4 Å². The lowest BCUT2D eigenvalue weighted by atomic mass is 10.0. The van der Waals surface area contributed by atoms with Gasteiger partial charge in [-0.05, 0) is 42.5 Å². The lowest BCUT2D eigenvalue weighted by Crippen LogP contribution is -2.48. The normalized spacial score (nSPS) is 23.9. The van der Waals surface area contributed by atoms with Gasteiger partial charge in [-0.2, -0.15) is 13.2 Å². The number of pyridine rings is 1. The zero-order valence-electron chi connectivity index (χ0n) is 18.0. The van der Waals surface area contributed by atoms with Gasteiger partial charge in [0.25, 0.3) is 5.91 Å². The van der Waals surface area contributed by atoms with Gasteiger partial charge in [-0.15, -0.1) is 0 Å². The van der Waals surface area contributed by atoms with Crippen LogP contribution >= 0.6 is 0 Å². The van der Waals surface area contributed by atoms with Gasteiger partial charge in [-0.1, -0.05) is 13.0 Å². The number of carbonyl (C=O) groups excluding carboxylic acids is 1. The Hall–Kier alpha value is -3.56. The molecule has 176 valence electrons. The average molecular weight is 472 g/mol. The standard InChI is InChI=1S/C24H20F4N4O2/c1-13-14-10-18(34-19-7-6-15(11-31-19)24(26,27)28)21(13)32(12-14)23(33)16-4-2-5-17(25)20(16)22-29-8-3-9-30-22/h2-9,11,13-14,18,21H,10,12H2,1H3/t13-,14?,18?,21?/m0/s1. The molecule has 0 radical (unpaired) electrons. The first-order chi connectivity index (χ1) is 16.2. The van der Waals surface area contributed by atoms with Gasteiger partial charge >= 0.3 is 6.18 Å². The summed E-state index contributed by atoms with van der Waals surface area (Å²) in [6.07, 6.45) is -0.592. The van der Waals surface area contributed by atoms with Crippen molar-refractivity contribution in [1.29, 1.82) is 0 Å². The molecule has 1 aliphatic carbocycles. The number of ether oxygens (including phenoxy) is 1. The summed E-state index contributed by atoms with van der Waals surface area (Å²) in [7, 11) is 0. The molecule has 5 rings (SSSR count). The maximum atomic E-state index is 14.8. The van der Waals surface area contributed by atoms with Crippen molar-refractivity contribution < 1.29 is 27.1 Å². The average Bonchev–Trinajstić information content (AvgIpc) is 3.30. The number of rotatable bonds is 4. The highest BCUT2D eigenvalue weighted by atomic mass is 19.4. The fourth-order valence-electron chi connectivity index (χ4n) is 4.99. The lowest BCUT2D eigenvalue weighted by Gasteiger charge is -2.34. The zero-order chi connectivity index (χ0) is 24.0. The summed E-state index contributed by atoms with van der Waals surface area (Å²) in [4.78, 5) is 27.3. The SMILES string of the molecule is C[C@H]1C2CC(Oc3ccc(C(F)(F)F)cn3)C1N(C(=O)c1cccc(F)c1-c1ncccn1)C2. The van der Waals surface area contributed by atoms with Crippen LogP contribution in [0, 0.1) is 17.7 Å². The molecule has 0 N–H and O–H groups in total. The molecule has 6 nitrogen and oxygen atoms in total.